The normalized spacial score (nSPS) is 15.6. The molecule has 0 aliphatic heterocycles. The van der Waals surface area contributed by atoms with Crippen LogP contribution >= 0.6 is 0 Å². The monoisotopic (exact) mass is 278 g/mol. The van der Waals surface area contributed by atoms with Crippen LogP contribution in [0.5, 0.6) is 0 Å². The van der Waals surface area contributed by atoms with Crippen molar-refractivity contribution in [3.05, 3.63) is 83.1 Å². The van der Waals surface area contributed by atoms with Crippen molar-refractivity contribution in [1.29, 1.82) is 0 Å². The van der Waals surface area contributed by atoms with E-state index in [9.17, 15) is 9.59 Å². The second-order valence-electron chi connectivity index (χ2n) is 4.90. The van der Waals surface area contributed by atoms with Gasteiger partial charge in [0.1, 0.15) is 6.26 Å². The fraction of sp³-hybridized carbons (Fsp3) is 0.111. The van der Waals surface area contributed by atoms with Crippen LogP contribution < -0.4 is 0 Å². The number of Topliss-reactive ketones (excluding diaryl/α,β-unsaturated/α-hetero) is 1. The van der Waals surface area contributed by atoms with Crippen LogP contribution in [0.4, 0.5) is 0 Å². The van der Waals surface area contributed by atoms with Crippen LogP contribution in [0.15, 0.2) is 66.4 Å². The second kappa shape index (κ2) is 5.75. The maximum atomic E-state index is 12.3. The molecule has 0 spiro atoms. The van der Waals surface area contributed by atoms with E-state index < -0.39 is 5.97 Å². The number of ketones is 1. The predicted molar refractivity (Wildman–Crippen MR) is 79.0 cm³/mol. The zero-order chi connectivity index (χ0) is 14.7. The summed E-state index contributed by atoms with van der Waals surface area (Å²) in [6.45, 7) is 0. The fourth-order valence-corrected chi connectivity index (χ4v) is 2.40. The molecular formula is C18H14O3. The summed E-state index contributed by atoms with van der Waals surface area (Å²) in [5, 5.41) is 0. The summed E-state index contributed by atoms with van der Waals surface area (Å²) in [7, 11) is 0. The smallest absolute Gasteiger partial charge is 0.342 e. The van der Waals surface area contributed by atoms with E-state index in [-0.39, 0.29) is 5.78 Å². The van der Waals surface area contributed by atoms with Gasteiger partial charge >= 0.3 is 5.97 Å². The van der Waals surface area contributed by atoms with Crippen molar-refractivity contribution in [2.75, 3.05) is 0 Å². The Hall–Kier alpha value is -2.68. The van der Waals surface area contributed by atoms with Crippen molar-refractivity contribution < 1.29 is 14.3 Å². The van der Waals surface area contributed by atoms with Crippen molar-refractivity contribution in [1.82, 2.24) is 0 Å². The Labute approximate surface area is 122 Å². The minimum atomic E-state index is -0.449. The zero-order valence-corrected chi connectivity index (χ0v) is 11.4. The number of benzene rings is 2. The second-order valence-corrected chi connectivity index (χ2v) is 4.90. The standard InChI is InChI=1S/C18H14O3/c19-17-15(11-10-13-6-4-5-9-16(13)17)12-21-18(20)14-7-2-1-3-8-14/h1-9,12H,10-11H2. The number of hydrogen-bond donors (Lipinski definition) is 0. The van der Waals surface area contributed by atoms with Gasteiger partial charge in [-0.2, -0.15) is 0 Å². The van der Waals surface area contributed by atoms with Crippen LogP contribution in [0.25, 0.3) is 0 Å². The molecule has 2 aromatic rings. The van der Waals surface area contributed by atoms with Gasteiger partial charge < -0.3 is 4.74 Å². The van der Waals surface area contributed by atoms with Gasteiger partial charge in [0.05, 0.1) is 5.56 Å². The summed E-state index contributed by atoms with van der Waals surface area (Å²) in [6.07, 6.45) is 2.68. The Morgan fingerprint density at radius 2 is 1.67 bits per heavy atom. The van der Waals surface area contributed by atoms with Crippen LogP contribution in [0.2, 0.25) is 0 Å². The van der Waals surface area contributed by atoms with Gasteiger partial charge in [0, 0.05) is 11.1 Å². The number of carbonyl (C=O) groups excluding carboxylic acids is 2. The van der Waals surface area contributed by atoms with Crippen LogP contribution in [-0.2, 0) is 11.2 Å². The van der Waals surface area contributed by atoms with E-state index in [0.717, 1.165) is 12.0 Å². The van der Waals surface area contributed by atoms with Crippen LogP contribution in [-0.4, -0.2) is 11.8 Å². The average Bonchev–Trinajstić information content (AvgIpc) is 2.55. The fourth-order valence-electron chi connectivity index (χ4n) is 2.40. The number of fused-ring (bicyclic) bond motifs is 1. The van der Waals surface area contributed by atoms with Gasteiger partial charge in [0.25, 0.3) is 0 Å². The molecule has 2 aromatic carbocycles. The lowest BCUT2D eigenvalue weighted by molar-refractivity contribution is 0.0659. The summed E-state index contributed by atoms with van der Waals surface area (Å²) in [6, 6.07) is 16.3. The van der Waals surface area contributed by atoms with E-state index in [0.29, 0.717) is 23.1 Å². The predicted octanol–water partition coefficient (Wildman–Crippen LogP) is 3.56. The summed E-state index contributed by atoms with van der Waals surface area (Å²) >= 11 is 0. The summed E-state index contributed by atoms with van der Waals surface area (Å²) in [5.74, 6) is -0.507. The lowest BCUT2D eigenvalue weighted by atomic mass is 9.87. The van der Waals surface area contributed by atoms with Crippen molar-refractivity contribution in [2.24, 2.45) is 0 Å². The molecule has 0 N–H and O–H groups in total. The first-order valence-electron chi connectivity index (χ1n) is 6.83. The molecule has 0 saturated carbocycles. The van der Waals surface area contributed by atoms with Crippen LogP contribution in [0.3, 0.4) is 0 Å². The van der Waals surface area contributed by atoms with E-state index in [4.69, 9.17) is 4.74 Å². The lowest BCUT2D eigenvalue weighted by Crippen LogP contribution is -2.15. The van der Waals surface area contributed by atoms with E-state index in [2.05, 4.69) is 0 Å². The first-order valence-corrected chi connectivity index (χ1v) is 6.83. The Kier molecular flexibility index (Phi) is 3.65. The molecule has 0 heterocycles. The molecule has 1 aliphatic rings. The summed E-state index contributed by atoms with van der Waals surface area (Å²) in [5.41, 5.74) is 2.76. The molecule has 0 bridgehead atoms. The number of ether oxygens (including phenoxy) is 1. The first kappa shape index (κ1) is 13.3. The zero-order valence-electron chi connectivity index (χ0n) is 11.4. The highest BCUT2D eigenvalue weighted by Gasteiger charge is 2.22. The molecule has 1 aliphatic carbocycles. The first-order chi connectivity index (χ1) is 10.3. The average molecular weight is 278 g/mol. The molecule has 3 nitrogen and oxygen atoms in total. The third kappa shape index (κ3) is 2.77. The topological polar surface area (TPSA) is 43.4 Å². The van der Waals surface area contributed by atoms with Crippen LogP contribution in [0, 0.1) is 0 Å². The summed E-state index contributed by atoms with van der Waals surface area (Å²) in [4.78, 5) is 24.2. The molecule has 0 fully saturated rings. The molecular weight excluding hydrogens is 264 g/mol. The maximum Gasteiger partial charge on any atom is 0.342 e. The molecule has 3 rings (SSSR count). The third-order valence-electron chi connectivity index (χ3n) is 3.54. The van der Waals surface area contributed by atoms with E-state index in [1.807, 2.05) is 30.3 Å². The lowest BCUT2D eigenvalue weighted by Gasteiger charge is -2.16. The van der Waals surface area contributed by atoms with Gasteiger partial charge in [-0.1, -0.05) is 42.5 Å². The molecule has 0 aromatic heterocycles. The number of esters is 1. The van der Waals surface area contributed by atoms with Gasteiger partial charge in [-0.15, -0.1) is 0 Å². The number of rotatable bonds is 2. The van der Waals surface area contributed by atoms with E-state index in [1.165, 1.54) is 6.26 Å². The van der Waals surface area contributed by atoms with Gasteiger partial charge in [-0.3, -0.25) is 4.79 Å². The van der Waals surface area contributed by atoms with Crippen molar-refractivity contribution >= 4 is 11.8 Å². The molecule has 21 heavy (non-hydrogen) atoms. The van der Waals surface area contributed by atoms with Gasteiger partial charge in [-0.25, -0.2) is 4.79 Å². The molecule has 0 saturated heterocycles. The number of hydrogen-bond acceptors (Lipinski definition) is 3. The van der Waals surface area contributed by atoms with E-state index in [1.54, 1.807) is 24.3 Å². The number of allylic oxidation sites excluding steroid dienone is 1. The van der Waals surface area contributed by atoms with Gasteiger partial charge in [-0.05, 0) is 30.5 Å². The Bertz CT molecular complexity index is 714. The number of carbonyl (C=O) groups is 2. The van der Waals surface area contributed by atoms with Crippen molar-refractivity contribution in [3.8, 4) is 0 Å². The molecule has 0 atom stereocenters. The highest BCUT2D eigenvalue weighted by atomic mass is 16.5. The Morgan fingerprint density at radius 3 is 2.48 bits per heavy atom. The Balaban J connectivity index is 1.77. The minimum Gasteiger partial charge on any atom is -0.430 e. The number of aryl methyl sites for hydroxylation is 1. The SMILES string of the molecule is O=C(OC=C1CCc2ccccc2C1=O)c1ccccc1. The highest BCUT2D eigenvalue weighted by molar-refractivity contribution is 6.10. The van der Waals surface area contributed by atoms with Gasteiger partial charge in [0.2, 0.25) is 0 Å². The molecule has 0 unspecified atom stereocenters. The van der Waals surface area contributed by atoms with Crippen molar-refractivity contribution in [2.45, 2.75) is 12.8 Å². The third-order valence-corrected chi connectivity index (χ3v) is 3.54. The van der Waals surface area contributed by atoms with Crippen molar-refractivity contribution in [3.63, 3.8) is 0 Å². The maximum absolute atomic E-state index is 12.3. The minimum absolute atomic E-state index is 0.0577. The summed E-state index contributed by atoms with van der Waals surface area (Å²) < 4.78 is 5.13. The molecule has 0 amide bonds. The molecule has 104 valence electrons. The van der Waals surface area contributed by atoms with Crippen LogP contribution in [0.1, 0.15) is 32.7 Å². The highest BCUT2D eigenvalue weighted by Crippen LogP contribution is 2.24. The molecule has 3 heteroatoms. The van der Waals surface area contributed by atoms with Gasteiger partial charge in [0.15, 0.2) is 5.78 Å². The largest absolute Gasteiger partial charge is 0.430 e. The molecule has 0 radical (unpaired) electrons. The quantitative estimate of drug-likeness (QED) is 0.479. The Morgan fingerprint density at radius 1 is 0.952 bits per heavy atom. The van der Waals surface area contributed by atoms with E-state index >= 15 is 0 Å².